The normalized spacial score (nSPS) is 13.0. The topological polar surface area (TPSA) is 46.5 Å². The smallest absolute Gasteiger partial charge is 0.129 e. The molecule has 0 spiro atoms. The standard InChI is InChI=1S/C8H16O3/c1-7(9)4-3-5-8(10)6-11-2/h8,10H,3-6H2,1-2H3. The van der Waals surface area contributed by atoms with Crippen molar-refractivity contribution >= 4 is 5.78 Å². The van der Waals surface area contributed by atoms with E-state index in [2.05, 4.69) is 0 Å². The Bertz CT molecular complexity index is 112. The van der Waals surface area contributed by atoms with Crippen molar-refractivity contribution in [1.82, 2.24) is 0 Å². The van der Waals surface area contributed by atoms with E-state index in [0.717, 1.165) is 6.42 Å². The quantitative estimate of drug-likeness (QED) is 0.623. The molecule has 1 N–H and O–H groups in total. The average Bonchev–Trinajstić information content (AvgIpc) is 1.87. The van der Waals surface area contributed by atoms with E-state index in [4.69, 9.17) is 9.84 Å². The van der Waals surface area contributed by atoms with Gasteiger partial charge in [-0.3, -0.25) is 0 Å². The molecule has 0 saturated carbocycles. The zero-order valence-corrected chi connectivity index (χ0v) is 7.17. The zero-order chi connectivity index (χ0) is 8.69. The lowest BCUT2D eigenvalue weighted by molar-refractivity contribution is -0.117. The van der Waals surface area contributed by atoms with E-state index < -0.39 is 6.10 Å². The van der Waals surface area contributed by atoms with Crippen LogP contribution in [0.15, 0.2) is 0 Å². The second kappa shape index (κ2) is 6.31. The summed E-state index contributed by atoms with van der Waals surface area (Å²) in [6.45, 7) is 1.92. The number of ether oxygens (including phenoxy) is 1. The van der Waals surface area contributed by atoms with Crippen molar-refractivity contribution in [3.05, 3.63) is 0 Å². The summed E-state index contributed by atoms with van der Waals surface area (Å²) in [5.41, 5.74) is 0. The Balaban J connectivity index is 3.16. The summed E-state index contributed by atoms with van der Waals surface area (Å²) in [5, 5.41) is 9.13. The third-order valence-electron chi connectivity index (χ3n) is 1.43. The van der Waals surface area contributed by atoms with E-state index in [1.807, 2.05) is 0 Å². The van der Waals surface area contributed by atoms with Gasteiger partial charge in [-0.2, -0.15) is 0 Å². The van der Waals surface area contributed by atoms with Crippen LogP contribution in [-0.4, -0.2) is 30.7 Å². The van der Waals surface area contributed by atoms with Gasteiger partial charge in [-0.25, -0.2) is 0 Å². The van der Waals surface area contributed by atoms with Crippen molar-refractivity contribution in [1.29, 1.82) is 0 Å². The lowest BCUT2D eigenvalue weighted by Gasteiger charge is -2.07. The number of carbonyl (C=O) groups is 1. The maximum absolute atomic E-state index is 10.5. The molecule has 0 rings (SSSR count). The van der Waals surface area contributed by atoms with Crippen molar-refractivity contribution in [2.24, 2.45) is 0 Å². The SMILES string of the molecule is COCC(O)CCCC(C)=O. The monoisotopic (exact) mass is 160 g/mol. The summed E-state index contributed by atoms with van der Waals surface area (Å²) in [4.78, 5) is 10.5. The first-order chi connectivity index (χ1) is 5.16. The fourth-order valence-corrected chi connectivity index (χ4v) is 0.862. The van der Waals surface area contributed by atoms with Gasteiger partial charge in [0, 0.05) is 13.5 Å². The second-order valence-electron chi connectivity index (χ2n) is 2.70. The number of hydrogen-bond acceptors (Lipinski definition) is 3. The number of ketones is 1. The van der Waals surface area contributed by atoms with Crippen LogP contribution in [0.5, 0.6) is 0 Å². The first-order valence-corrected chi connectivity index (χ1v) is 3.83. The molecule has 3 nitrogen and oxygen atoms in total. The van der Waals surface area contributed by atoms with Gasteiger partial charge in [0.15, 0.2) is 0 Å². The average molecular weight is 160 g/mol. The minimum atomic E-state index is -0.417. The number of aliphatic hydroxyl groups is 1. The molecule has 0 heterocycles. The highest BCUT2D eigenvalue weighted by Crippen LogP contribution is 2.01. The van der Waals surface area contributed by atoms with Gasteiger partial charge in [0.25, 0.3) is 0 Å². The molecule has 66 valence electrons. The largest absolute Gasteiger partial charge is 0.391 e. The van der Waals surface area contributed by atoms with Crippen LogP contribution in [-0.2, 0) is 9.53 Å². The first-order valence-electron chi connectivity index (χ1n) is 3.83. The number of aliphatic hydroxyl groups excluding tert-OH is 1. The van der Waals surface area contributed by atoms with E-state index in [1.54, 1.807) is 14.0 Å². The molecule has 1 atom stereocenters. The first kappa shape index (κ1) is 10.6. The molecule has 0 saturated heterocycles. The van der Waals surface area contributed by atoms with E-state index in [0.29, 0.717) is 19.4 Å². The Morgan fingerprint density at radius 2 is 2.27 bits per heavy atom. The van der Waals surface area contributed by atoms with Crippen molar-refractivity contribution in [2.75, 3.05) is 13.7 Å². The molecule has 0 aromatic carbocycles. The van der Waals surface area contributed by atoms with Gasteiger partial charge in [-0.1, -0.05) is 0 Å². The highest BCUT2D eigenvalue weighted by Gasteiger charge is 2.03. The summed E-state index contributed by atoms with van der Waals surface area (Å²) >= 11 is 0. The van der Waals surface area contributed by atoms with Gasteiger partial charge in [0.1, 0.15) is 5.78 Å². The van der Waals surface area contributed by atoms with Crippen LogP contribution in [0, 0.1) is 0 Å². The molecular formula is C8H16O3. The molecule has 0 amide bonds. The number of rotatable bonds is 6. The van der Waals surface area contributed by atoms with Crippen LogP contribution in [0.1, 0.15) is 26.2 Å². The van der Waals surface area contributed by atoms with E-state index in [9.17, 15) is 4.79 Å². The third-order valence-corrected chi connectivity index (χ3v) is 1.43. The molecule has 0 aliphatic rings. The minimum absolute atomic E-state index is 0.176. The zero-order valence-electron chi connectivity index (χ0n) is 7.17. The minimum Gasteiger partial charge on any atom is -0.391 e. The fourth-order valence-electron chi connectivity index (χ4n) is 0.862. The lowest BCUT2D eigenvalue weighted by atomic mass is 10.1. The molecule has 1 unspecified atom stereocenters. The van der Waals surface area contributed by atoms with Crippen molar-refractivity contribution in [3.63, 3.8) is 0 Å². The third kappa shape index (κ3) is 7.49. The number of carbonyl (C=O) groups excluding carboxylic acids is 1. The molecule has 0 radical (unpaired) electrons. The molecule has 0 bridgehead atoms. The van der Waals surface area contributed by atoms with E-state index in [-0.39, 0.29) is 5.78 Å². The molecule has 0 aromatic heterocycles. The van der Waals surface area contributed by atoms with Gasteiger partial charge in [-0.15, -0.1) is 0 Å². The summed E-state index contributed by atoms with van der Waals surface area (Å²) in [6, 6.07) is 0. The highest BCUT2D eigenvalue weighted by atomic mass is 16.5. The number of hydrogen-bond donors (Lipinski definition) is 1. The maximum atomic E-state index is 10.5. The Hall–Kier alpha value is -0.410. The molecule has 0 fully saturated rings. The summed E-state index contributed by atoms with van der Waals surface area (Å²) in [7, 11) is 1.55. The number of methoxy groups -OCH3 is 1. The van der Waals surface area contributed by atoms with Crippen LogP contribution in [0.2, 0.25) is 0 Å². The van der Waals surface area contributed by atoms with Gasteiger partial charge in [0.2, 0.25) is 0 Å². The summed E-state index contributed by atoms with van der Waals surface area (Å²) in [5.74, 6) is 0.176. The Labute approximate surface area is 67.4 Å². The van der Waals surface area contributed by atoms with E-state index >= 15 is 0 Å². The van der Waals surface area contributed by atoms with Crippen molar-refractivity contribution in [3.8, 4) is 0 Å². The molecule has 0 aliphatic heterocycles. The van der Waals surface area contributed by atoms with Crippen molar-refractivity contribution in [2.45, 2.75) is 32.3 Å². The van der Waals surface area contributed by atoms with Crippen LogP contribution in [0.25, 0.3) is 0 Å². The Kier molecular flexibility index (Phi) is 6.07. The summed E-state index contributed by atoms with van der Waals surface area (Å²) in [6.07, 6.45) is 1.54. The molecule has 11 heavy (non-hydrogen) atoms. The van der Waals surface area contributed by atoms with Gasteiger partial charge in [-0.05, 0) is 19.8 Å². The van der Waals surface area contributed by atoms with Crippen LogP contribution >= 0.6 is 0 Å². The van der Waals surface area contributed by atoms with Crippen molar-refractivity contribution < 1.29 is 14.6 Å². The van der Waals surface area contributed by atoms with E-state index in [1.165, 1.54) is 0 Å². The lowest BCUT2D eigenvalue weighted by Crippen LogP contribution is -2.13. The van der Waals surface area contributed by atoms with Gasteiger partial charge >= 0.3 is 0 Å². The van der Waals surface area contributed by atoms with Crippen LogP contribution in [0.3, 0.4) is 0 Å². The fraction of sp³-hybridized carbons (Fsp3) is 0.875. The predicted octanol–water partition coefficient (Wildman–Crippen LogP) is 0.753. The maximum Gasteiger partial charge on any atom is 0.129 e. The van der Waals surface area contributed by atoms with Gasteiger partial charge in [0.05, 0.1) is 12.7 Å². The molecule has 0 aromatic rings. The Morgan fingerprint density at radius 3 is 2.73 bits per heavy atom. The second-order valence-corrected chi connectivity index (χ2v) is 2.70. The van der Waals surface area contributed by atoms with Gasteiger partial charge < -0.3 is 14.6 Å². The molecule has 3 heteroatoms. The summed E-state index contributed by atoms with van der Waals surface area (Å²) < 4.78 is 4.73. The molecule has 0 aliphatic carbocycles. The van der Waals surface area contributed by atoms with Crippen LogP contribution in [0.4, 0.5) is 0 Å². The van der Waals surface area contributed by atoms with Crippen LogP contribution < -0.4 is 0 Å². The number of Topliss-reactive ketones (excluding diaryl/α,β-unsaturated/α-hetero) is 1. The molecular weight excluding hydrogens is 144 g/mol. The highest BCUT2D eigenvalue weighted by molar-refractivity contribution is 5.75. The Morgan fingerprint density at radius 1 is 1.64 bits per heavy atom. The predicted molar refractivity (Wildman–Crippen MR) is 42.4 cm³/mol.